The molecule has 0 radical (unpaired) electrons. The maximum atomic E-state index is 12.2. The third kappa shape index (κ3) is 4.32. The molecule has 0 unspecified atom stereocenters. The fourth-order valence-electron chi connectivity index (χ4n) is 2.92. The van der Waals surface area contributed by atoms with E-state index in [1.807, 2.05) is 66.7 Å². The first-order valence-electron chi connectivity index (χ1n) is 8.85. The number of aromatic nitrogens is 2. The fourth-order valence-corrected chi connectivity index (χ4v) is 3.11. The molecular weight excluding hydrogens is 374 g/mol. The van der Waals surface area contributed by atoms with Gasteiger partial charge < -0.3 is 10.1 Å². The Labute approximate surface area is 167 Å². The van der Waals surface area contributed by atoms with Crippen LogP contribution in [0.1, 0.15) is 5.56 Å². The summed E-state index contributed by atoms with van der Waals surface area (Å²) in [6.07, 6.45) is 3.36. The zero-order valence-corrected chi connectivity index (χ0v) is 15.8. The van der Waals surface area contributed by atoms with Crippen molar-refractivity contribution in [2.45, 2.75) is 6.54 Å². The number of nitrogens with zero attached hydrogens (tertiary/aromatic N) is 2. The van der Waals surface area contributed by atoms with E-state index in [2.05, 4.69) is 10.4 Å². The molecule has 1 N–H and O–H groups in total. The van der Waals surface area contributed by atoms with E-state index in [-0.39, 0.29) is 12.5 Å². The molecule has 6 heteroatoms. The van der Waals surface area contributed by atoms with Crippen LogP contribution < -0.4 is 10.1 Å². The Bertz CT molecular complexity index is 1120. The molecule has 0 bridgehead atoms. The van der Waals surface area contributed by atoms with Crippen LogP contribution in [0.4, 0.5) is 5.69 Å². The molecule has 1 amide bonds. The first kappa shape index (κ1) is 18.1. The Morgan fingerprint density at radius 3 is 2.68 bits per heavy atom. The van der Waals surface area contributed by atoms with Gasteiger partial charge in [-0.1, -0.05) is 60.1 Å². The summed E-state index contributed by atoms with van der Waals surface area (Å²) in [5, 5.41) is 9.94. The van der Waals surface area contributed by atoms with E-state index in [9.17, 15) is 4.79 Å². The highest BCUT2D eigenvalue weighted by atomic mass is 35.5. The van der Waals surface area contributed by atoms with Gasteiger partial charge in [0.25, 0.3) is 5.91 Å². The van der Waals surface area contributed by atoms with Crippen molar-refractivity contribution in [3.8, 4) is 5.75 Å². The molecule has 5 nitrogen and oxygen atoms in total. The van der Waals surface area contributed by atoms with Crippen LogP contribution >= 0.6 is 11.6 Å². The van der Waals surface area contributed by atoms with Crippen LogP contribution in [0.5, 0.6) is 5.75 Å². The number of carbonyl (C=O) groups is 1. The van der Waals surface area contributed by atoms with Crippen LogP contribution in [-0.4, -0.2) is 22.3 Å². The van der Waals surface area contributed by atoms with Gasteiger partial charge in [0.05, 0.1) is 18.4 Å². The Hall–Kier alpha value is -3.31. The van der Waals surface area contributed by atoms with E-state index in [0.29, 0.717) is 23.0 Å². The molecule has 0 fully saturated rings. The third-order valence-electron chi connectivity index (χ3n) is 4.30. The predicted molar refractivity (Wildman–Crippen MR) is 111 cm³/mol. The molecule has 0 spiro atoms. The highest BCUT2D eigenvalue weighted by Crippen LogP contribution is 2.20. The summed E-state index contributed by atoms with van der Waals surface area (Å²) in [5.74, 6) is 0.411. The molecule has 4 rings (SSSR count). The number of fused-ring (bicyclic) bond motifs is 1. The second kappa shape index (κ2) is 8.15. The standard InChI is InChI=1S/C22H18ClN3O2/c23-21-8-4-3-7-18(21)13-26-14-19(12-24-26)25-22(27)15-28-20-10-9-16-5-1-2-6-17(16)11-20/h1-12,14H,13,15H2,(H,25,27). The summed E-state index contributed by atoms with van der Waals surface area (Å²) >= 11 is 6.17. The number of anilines is 1. The van der Waals surface area contributed by atoms with Crippen LogP contribution in [0.3, 0.4) is 0 Å². The van der Waals surface area contributed by atoms with Crippen molar-refractivity contribution in [1.29, 1.82) is 0 Å². The highest BCUT2D eigenvalue weighted by Gasteiger charge is 2.07. The van der Waals surface area contributed by atoms with Crippen molar-refractivity contribution >= 4 is 34.0 Å². The third-order valence-corrected chi connectivity index (χ3v) is 4.67. The summed E-state index contributed by atoms with van der Waals surface area (Å²) in [6, 6.07) is 21.4. The van der Waals surface area contributed by atoms with E-state index in [1.54, 1.807) is 17.1 Å². The van der Waals surface area contributed by atoms with Crippen LogP contribution in [-0.2, 0) is 11.3 Å². The smallest absolute Gasteiger partial charge is 0.262 e. The SMILES string of the molecule is O=C(COc1ccc2ccccc2c1)Nc1cnn(Cc2ccccc2Cl)c1. The van der Waals surface area contributed by atoms with Crippen molar-refractivity contribution in [2.75, 3.05) is 11.9 Å². The molecule has 0 saturated heterocycles. The lowest BCUT2D eigenvalue weighted by Gasteiger charge is -2.07. The van der Waals surface area contributed by atoms with Gasteiger partial charge in [0.1, 0.15) is 5.75 Å². The predicted octanol–water partition coefficient (Wildman–Crippen LogP) is 4.76. The Kier molecular flexibility index (Phi) is 5.26. The Morgan fingerprint density at radius 1 is 1.04 bits per heavy atom. The Balaban J connectivity index is 1.33. The van der Waals surface area contributed by atoms with E-state index < -0.39 is 0 Å². The van der Waals surface area contributed by atoms with Gasteiger partial charge in [-0.3, -0.25) is 9.48 Å². The normalized spacial score (nSPS) is 10.8. The summed E-state index contributed by atoms with van der Waals surface area (Å²) < 4.78 is 7.33. The number of rotatable bonds is 6. The molecule has 0 aliphatic rings. The molecule has 28 heavy (non-hydrogen) atoms. The molecular formula is C22H18ClN3O2. The molecule has 1 heterocycles. The second-order valence-corrected chi connectivity index (χ2v) is 6.77. The van der Waals surface area contributed by atoms with Crippen molar-refractivity contribution in [3.05, 3.63) is 89.7 Å². The molecule has 3 aromatic carbocycles. The average Bonchev–Trinajstić information content (AvgIpc) is 3.15. The molecule has 140 valence electrons. The van der Waals surface area contributed by atoms with Crippen LogP contribution in [0.15, 0.2) is 79.1 Å². The molecule has 4 aromatic rings. The van der Waals surface area contributed by atoms with Gasteiger partial charge in [-0.2, -0.15) is 5.10 Å². The zero-order chi connectivity index (χ0) is 19.3. The number of carbonyl (C=O) groups excluding carboxylic acids is 1. The molecule has 0 aliphatic carbocycles. The quantitative estimate of drug-likeness (QED) is 0.515. The number of hydrogen-bond donors (Lipinski definition) is 1. The maximum Gasteiger partial charge on any atom is 0.262 e. The van der Waals surface area contributed by atoms with E-state index in [0.717, 1.165) is 16.3 Å². The Morgan fingerprint density at radius 2 is 1.82 bits per heavy atom. The number of hydrogen-bond acceptors (Lipinski definition) is 3. The largest absolute Gasteiger partial charge is 0.484 e. The highest BCUT2D eigenvalue weighted by molar-refractivity contribution is 6.31. The lowest BCUT2D eigenvalue weighted by atomic mass is 10.1. The van der Waals surface area contributed by atoms with Crippen molar-refractivity contribution < 1.29 is 9.53 Å². The van der Waals surface area contributed by atoms with Crippen molar-refractivity contribution in [1.82, 2.24) is 9.78 Å². The molecule has 0 atom stereocenters. The average molecular weight is 392 g/mol. The number of benzene rings is 3. The second-order valence-electron chi connectivity index (χ2n) is 6.36. The summed E-state index contributed by atoms with van der Waals surface area (Å²) in [7, 11) is 0. The lowest BCUT2D eigenvalue weighted by Crippen LogP contribution is -2.19. The summed E-state index contributed by atoms with van der Waals surface area (Å²) in [6.45, 7) is 0.456. The number of nitrogens with one attached hydrogen (secondary N) is 1. The monoisotopic (exact) mass is 391 g/mol. The van der Waals surface area contributed by atoms with E-state index in [1.165, 1.54) is 0 Å². The topological polar surface area (TPSA) is 56.1 Å². The minimum Gasteiger partial charge on any atom is -0.484 e. The van der Waals surface area contributed by atoms with Gasteiger partial charge in [-0.15, -0.1) is 0 Å². The van der Waals surface area contributed by atoms with Gasteiger partial charge in [0.15, 0.2) is 6.61 Å². The minimum atomic E-state index is -0.245. The number of amides is 1. The van der Waals surface area contributed by atoms with Gasteiger partial charge >= 0.3 is 0 Å². The van der Waals surface area contributed by atoms with Gasteiger partial charge in [0, 0.05) is 11.2 Å². The van der Waals surface area contributed by atoms with Gasteiger partial charge in [-0.25, -0.2) is 0 Å². The van der Waals surface area contributed by atoms with Crippen LogP contribution in [0.2, 0.25) is 5.02 Å². The van der Waals surface area contributed by atoms with Crippen LogP contribution in [0, 0.1) is 0 Å². The first-order valence-corrected chi connectivity index (χ1v) is 9.22. The first-order chi connectivity index (χ1) is 13.7. The van der Waals surface area contributed by atoms with E-state index in [4.69, 9.17) is 16.3 Å². The summed E-state index contributed by atoms with van der Waals surface area (Å²) in [5.41, 5.74) is 1.57. The van der Waals surface area contributed by atoms with Crippen molar-refractivity contribution in [3.63, 3.8) is 0 Å². The van der Waals surface area contributed by atoms with Gasteiger partial charge in [0.2, 0.25) is 0 Å². The molecule has 0 aliphatic heterocycles. The lowest BCUT2D eigenvalue weighted by molar-refractivity contribution is -0.118. The number of halogens is 1. The van der Waals surface area contributed by atoms with Crippen molar-refractivity contribution in [2.24, 2.45) is 0 Å². The minimum absolute atomic E-state index is 0.0754. The number of ether oxygens (including phenoxy) is 1. The van der Waals surface area contributed by atoms with Crippen LogP contribution in [0.25, 0.3) is 10.8 Å². The summed E-state index contributed by atoms with van der Waals surface area (Å²) in [4.78, 5) is 12.2. The fraction of sp³-hybridized carbons (Fsp3) is 0.0909. The van der Waals surface area contributed by atoms with E-state index >= 15 is 0 Å². The zero-order valence-electron chi connectivity index (χ0n) is 15.0. The maximum absolute atomic E-state index is 12.2. The van der Waals surface area contributed by atoms with Gasteiger partial charge in [-0.05, 0) is 34.5 Å². The molecule has 1 aromatic heterocycles. The molecule has 0 saturated carbocycles.